The Bertz CT molecular complexity index is 314. The maximum absolute atomic E-state index is 11.6. The van der Waals surface area contributed by atoms with Crippen LogP contribution in [0.15, 0.2) is 42.7 Å². The van der Waals surface area contributed by atoms with E-state index in [-0.39, 0.29) is 5.78 Å². The zero-order chi connectivity index (χ0) is 10.4. The summed E-state index contributed by atoms with van der Waals surface area (Å²) in [7, 11) is 1.56. The molecule has 0 unspecified atom stereocenters. The number of hydrogen-bond donors (Lipinski definition) is 0. The number of rotatable bonds is 5. The second-order valence-electron chi connectivity index (χ2n) is 3.03. The monoisotopic (exact) mass is 190 g/mol. The number of methoxy groups -OCH3 is 1. The van der Waals surface area contributed by atoms with E-state index < -0.39 is 0 Å². The molecule has 74 valence electrons. The molecule has 1 aromatic rings. The molecule has 0 N–H and O–H groups in total. The standard InChI is InChI=1S/C12H14O2/c1-10(14-2)8-9-12(13)11-6-4-3-5-7-11/h3-7H,1,8-9H2,2H3. The van der Waals surface area contributed by atoms with Crippen LogP contribution in [0.1, 0.15) is 23.2 Å². The van der Waals surface area contributed by atoms with Crippen molar-refractivity contribution in [3.05, 3.63) is 48.2 Å². The first-order valence-electron chi connectivity index (χ1n) is 4.54. The topological polar surface area (TPSA) is 26.3 Å². The molecule has 0 saturated heterocycles. The molecule has 0 radical (unpaired) electrons. The van der Waals surface area contributed by atoms with E-state index in [0.29, 0.717) is 18.6 Å². The molecule has 0 saturated carbocycles. The number of hydrogen-bond acceptors (Lipinski definition) is 2. The van der Waals surface area contributed by atoms with E-state index in [1.807, 2.05) is 30.3 Å². The Morgan fingerprint density at radius 3 is 2.50 bits per heavy atom. The van der Waals surface area contributed by atoms with Crippen molar-refractivity contribution in [1.82, 2.24) is 0 Å². The summed E-state index contributed by atoms with van der Waals surface area (Å²) in [5.41, 5.74) is 0.747. The average Bonchev–Trinajstić information content (AvgIpc) is 2.26. The molecule has 1 rings (SSSR count). The minimum Gasteiger partial charge on any atom is -0.502 e. The molecular weight excluding hydrogens is 176 g/mol. The van der Waals surface area contributed by atoms with Crippen LogP contribution in [0.5, 0.6) is 0 Å². The zero-order valence-electron chi connectivity index (χ0n) is 8.32. The molecule has 1 aromatic carbocycles. The number of allylic oxidation sites excluding steroid dienone is 1. The van der Waals surface area contributed by atoms with Crippen molar-refractivity contribution in [1.29, 1.82) is 0 Å². The maximum atomic E-state index is 11.6. The van der Waals surface area contributed by atoms with Crippen molar-refractivity contribution in [2.24, 2.45) is 0 Å². The molecule has 0 amide bonds. The first kappa shape index (κ1) is 10.5. The van der Waals surface area contributed by atoms with Gasteiger partial charge in [0.05, 0.1) is 12.9 Å². The van der Waals surface area contributed by atoms with Crippen molar-refractivity contribution in [3.63, 3.8) is 0 Å². The summed E-state index contributed by atoms with van der Waals surface area (Å²) < 4.78 is 4.89. The Hall–Kier alpha value is -1.57. The quantitative estimate of drug-likeness (QED) is 0.527. The molecule has 2 heteroatoms. The second kappa shape index (κ2) is 5.22. The average molecular weight is 190 g/mol. The predicted octanol–water partition coefficient (Wildman–Crippen LogP) is 2.81. The highest BCUT2D eigenvalue weighted by Crippen LogP contribution is 2.09. The normalized spacial score (nSPS) is 9.50. The SMILES string of the molecule is C=C(CCC(=O)c1ccccc1)OC. The van der Waals surface area contributed by atoms with E-state index in [0.717, 1.165) is 5.56 Å². The van der Waals surface area contributed by atoms with Gasteiger partial charge in [0, 0.05) is 18.4 Å². The summed E-state index contributed by atoms with van der Waals surface area (Å²) in [5, 5.41) is 0. The van der Waals surface area contributed by atoms with E-state index in [2.05, 4.69) is 6.58 Å². The van der Waals surface area contributed by atoms with Gasteiger partial charge in [-0.15, -0.1) is 0 Å². The van der Waals surface area contributed by atoms with Crippen LogP contribution in [-0.2, 0) is 4.74 Å². The first-order valence-corrected chi connectivity index (χ1v) is 4.54. The molecule has 0 spiro atoms. The van der Waals surface area contributed by atoms with Crippen LogP contribution in [0.25, 0.3) is 0 Å². The van der Waals surface area contributed by atoms with Crippen molar-refractivity contribution in [3.8, 4) is 0 Å². The number of ketones is 1. The third kappa shape index (κ3) is 3.05. The van der Waals surface area contributed by atoms with Crippen LogP contribution in [-0.4, -0.2) is 12.9 Å². The van der Waals surface area contributed by atoms with Gasteiger partial charge in [-0.3, -0.25) is 4.79 Å². The van der Waals surface area contributed by atoms with E-state index in [1.165, 1.54) is 0 Å². The fourth-order valence-corrected chi connectivity index (χ4v) is 1.12. The van der Waals surface area contributed by atoms with Gasteiger partial charge in [0.25, 0.3) is 0 Å². The molecule has 0 bridgehead atoms. The van der Waals surface area contributed by atoms with E-state index in [9.17, 15) is 4.79 Å². The molecule has 2 nitrogen and oxygen atoms in total. The Morgan fingerprint density at radius 1 is 1.29 bits per heavy atom. The lowest BCUT2D eigenvalue weighted by Crippen LogP contribution is -1.99. The molecular formula is C12H14O2. The summed E-state index contributed by atoms with van der Waals surface area (Å²) in [6, 6.07) is 9.25. The van der Waals surface area contributed by atoms with Gasteiger partial charge in [-0.1, -0.05) is 36.9 Å². The van der Waals surface area contributed by atoms with E-state index in [1.54, 1.807) is 7.11 Å². The van der Waals surface area contributed by atoms with E-state index >= 15 is 0 Å². The lowest BCUT2D eigenvalue weighted by atomic mass is 10.1. The number of benzene rings is 1. The molecule has 0 aliphatic rings. The molecule has 14 heavy (non-hydrogen) atoms. The number of carbonyl (C=O) groups excluding carboxylic acids is 1. The molecule has 0 heterocycles. The zero-order valence-corrected chi connectivity index (χ0v) is 8.32. The highest BCUT2D eigenvalue weighted by Gasteiger charge is 2.05. The van der Waals surface area contributed by atoms with Crippen LogP contribution >= 0.6 is 0 Å². The minimum absolute atomic E-state index is 0.129. The van der Waals surface area contributed by atoms with Gasteiger partial charge >= 0.3 is 0 Å². The second-order valence-corrected chi connectivity index (χ2v) is 3.03. The lowest BCUT2D eigenvalue weighted by molar-refractivity contribution is 0.0976. The van der Waals surface area contributed by atoms with Crippen molar-refractivity contribution < 1.29 is 9.53 Å². The summed E-state index contributed by atoms with van der Waals surface area (Å²) in [6.07, 6.45) is 1.04. The third-order valence-electron chi connectivity index (χ3n) is 2.02. The minimum atomic E-state index is 0.129. The summed E-state index contributed by atoms with van der Waals surface area (Å²) in [6.45, 7) is 3.66. The molecule has 0 atom stereocenters. The number of ether oxygens (including phenoxy) is 1. The summed E-state index contributed by atoms with van der Waals surface area (Å²) in [5.74, 6) is 0.776. The Morgan fingerprint density at radius 2 is 1.93 bits per heavy atom. The van der Waals surface area contributed by atoms with Gasteiger partial charge in [-0.25, -0.2) is 0 Å². The summed E-state index contributed by atoms with van der Waals surface area (Å²) >= 11 is 0. The van der Waals surface area contributed by atoms with Crippen molar-refractivity contribution in [2.45, 2.75) is 12.8 Å². The van der Waals surface area contributed by atoms with Crippen molar-refractivity contribution >= 4 is 5.78 Å². The van der Waals surface area contributed by atoms with Crippen LogP contribution in [0, 0.1) is 0 Å². The Kier molecular flexibility index (Phi) is 3.92. The Labute approximate surface area is 84.2 Å². The van der Waals surface area contributed by atoms with Crippen molar-refractivity contribution in [2.75, 3.05) is 7.11 Å². The smallest absolute Gasteiger partial charge is 0.163 e. The van der Waals surface area contributed by atoms with Crippen LogP contribution in [0.4, 0.5) is 0 Å². The fourth-order valence-electron chi connectivity index (χ4n) is 1.12. The van der Waals surface area contributed by atoms with Gasteiger partial charge in [0.2, 0.25) is 0 Å². The predicted molar refractivity (Wildman–Crippen MR) is 56.2 cm³/mol. The van der Waals surface area contributed by atoms with E-state index in [4.69, 9.17) is 4.74 Å². The van der Waals surface area contributed by atoms with Gasteiger partial charge in [-0.2, -0.15) is 0 Å². The van der Waals surface area contributed by atoms with Gasteiger partial charge in [0.1, 0.15) is 0 Å². The molecule has 0 fully saturated rings. The van der Waals surface area contributed by atoms with Crippen LogP contribution < -0.4 is 0 Å². The highest BCUT2D eigenvalue weighted by molar-refractivity contribution is 5.96. The lowest BCUT2D eigenvalue weighted by Gasteiger charge is -2.03. The third-order valence-corrected chi connectivity index (χ3v) is 2.02. The van der Waals surface area contributed by atoms with Gasteiger partial charge < -0.3 is 4.74 Å². The molecule has 0 aromatic heterocycles. The Balaban J connectivity index is 2.48. The highest BCUT2D eigenvalue weighted by atomic mass is 16.5. The van der Waals surface area contributed by atoms with Gasteiger partial charge in [-0.05, 0) is 0 Å². The van der Waals surface area contributed by atoms with Crippen LogP contribution in [0.3, 0.4) is 0 Å². The molecule has 0 aliphatic heterocycles. The number of carbonyl (C=O) groups is 1. The fraction of sp³-hybridized carbons (Fsp3) is 0.250. The largest absolute Gasteiger partial charge is 0.502 e. The first-order chi connectivity index (χ1) is 6.74. The van der Waals surface area contributed by atoms with Crippen LogP contribution in [0.2, 0.25) is 0 Å². The van der Waals surface area contributed by atoms with Gasteiger partial charge in [0.15, 0.2) is 5.78 Å². The number of Topliss-reactive ketones (excluding diaryl/α,β-unsaturated/α-hetero) is 1. The summed E-state index contributed by atoms with van der Waals surface area (Å²) in [4.78, 5) is 11.6. The molecule has 0 aliphatic carbocycles. The maximum Gasteiger partial charge on any atom is 0.163 e.